The van der Waals surface area contributed by atoms with Gasteiger partial charge in [-0.05, 0) is 86.0 Å². The first-order valence-corrected chi connectivity index (χ1v) is 18.9. The van der Waals surface area contributed by atoms with Crippen LogP contribution in [0.15, 0.2) is 4.99 Å². The monoisotopic (exact) mass is 405 g/mol. The van der Waals surface area contributed by atoms with Gasteiger partial charge in [0.2, 0.25) is 0 Å². The van der Waals surface area contributed by atoms with Crippen LogP contribution in [0.25, 0.3) is 0 Å². The summed E-state index contributed by atoms with van der Waals surface area (Å²) in [6, 6.07) is 1.74. The van der Waals surface area contributed by atoms with Crippen molar-refractivity contribution in [2.45, 2.75) is 98.1 Å². The van der Waals surface area contributed by atoms with Gasteiger partial charge in [0.25, 0.3) is 0 Å². The van der Waals surface area contributed by atoms with Crippen molar-refractivity contribution < 1.29 is 8.23 Å². The molecule has 5 nitrogen and oxygen atoms in total. The number of nitrogens with one attached hydrogen (secondary N) is 2. The lowest BCUT2D eigenvalue weighted by Crippen LogP contribution is -2.52. The topological polar surface area (TPSA) is 54.9 Å². The molecule has 8 heteroatoms. The maximum atomic E-state index is 6.55. The maximum absolute atomic E-state index is 6.55. The molecule has 0 radical (unpaired) electrons. The highest BCUT2D eigenvalue weighted by Crippen LogP contribution is 2.25. The molecule has 0 unspecified atom stereocenters. The molecule has 0 aromatic heterocycles. The number of nitrogens with zero attached hydrogens (tertiary/aromatic N) is 1. The molecule has 0 bridgehead atoms. The standard InChI is InChI=1S/C17H43N3O2Si3/c1-15(2)19-17(20-16(3)4)18-13-12-14-25(11,21-23(5,6)7)22-24(8,9)10/h15-16H,12-14H2,1-11H3,(H2,18,19,20). The highest BCUT2D eigenvalue weighted by atomic mass is 28.5. The minimum Gasteiger partial charge on any atom is -0.437 e. The third kappa shape index (κ3) is 14.7. The second kappa shape index (κ2) is 10.2. The molecule has 0 aromatic carbocycles. The number of aliphatic imine (C=N–C) groups is 1. The van der Waals surface area contributed by atoms with Crippen LogP contribution in [0.1, 0.15) is 34.1 Å². The van der Waals surface area contributed by atoms with Crippen molar-refractivity contribution >= 4 is 31.2 Å². The molecule has 0 spiro atoms. The fraction of sp³-hybridized carbons (Fsp3) is 0.941. The molecule has 0 amide bonds. The molecule has 2 N–H and O–H groups in total. The van der Waals surface area contributed by atoms with E-state index in [9.17, 15) is 0 Å². The summed E-state index contributed by atoms with van der Waals surface area (Å²) in [6.45, 7) is 25.1. The van der Waals surface area contributed by atoms with E-state index in [4.69, 9.17) is 13.2 Å². The summed E-state index contributed by atoms with van der Waals surface area (Å²) in [6.07, 6.45) is 1.00. The van der Waals surface area contributed by atoms with Gasteiger partial charge in [-0.25, -0.2) is 0 Å². The van der Waals surface area contributed by atoms with E-state index < -0.39 is 25.2 Å². The first-order chi connectivity index (χ1) is 11.1. The van der Waals surface area contributed by atoms with Crippen molar-refractivity contribution in [1.29, 1.82) is 0 Å². The number of rotatable bonds is 10. The normalized spacial score (nSPS) is 13.3. The van der Waals surface area contributed by atoms with Gasteiger partial charge in [0.15, 0.2) is 22.6 Å². The summed E-state index contributed by atoms with van der Waals surface area (Å²) in [4.78, 5) is 4.73. The van der Waals surface area contributed by atoms with Gasteiger partial charge in [-0.2, -0.15) is 0 Å². The third-order valence-electron chi connectivity index (χ3n) is 2.95. The quantitative estimate of drug-likeness (QED) is 0.243. The highest BCUT2D eigenvalue weighted by molar-refractivity contribution is 6.87. The SMILES string of the molecule is CC(C)NC(=NCCC[Si](C)(O[Si](C)(C)C)O[Si](C)(C)C)NC(C)C. The van der Waals surface area contributed by atoms with Crippen molar-refractivity contribution in [1.82, 2.24) is 10.6 Å². The molecule has 0 aromatic rings. The Morgan fingerprint density at radius 3 is 1.52 bits per heavy atom. The Morgan fingerprint density at radius 1 is 0.800 bits per heavy atom. The van der Waals surface area contributed by atoms with E-state index in [0.29, 0.717) is 12.1 Å². The van der Waals surface area contributed by atoms with Crippen LogP contribution >= 0.6 is 0 Å². The molecule has 0 heterocycles. The van der Waals surface area contributed by atoms with Gasteiger partial charge in [0.1, 0.15) is 0 Å². The lowest BCUT2D eigenvalue weighted by molar-refractivity contribution is 0.382. The zero-order chi connectivity index (χ0) is 19.9. The van der Waals surface area contributed by atoms with Gasteiger partial charge in [0.05, 0.1) is 0 Å². The highest BCUT2D eigenvalue weighted by Gasteiger charge is 2.39. The Balaban J connectivity index is 4.84. The molecular formula is C17H43N3O2Si3. The van der Waals surface area contributed by atoms with E-state index >= 15 is 0 Å². The van der Waals surface area contributed by atoms with Gasteiger partial charge in [-0.1, -0.05) is 0 Å². The number of hydrogen-bond donors (Lipinski definition) is 2. The minimum absolute atomic E-state index is 0.370. The summed E-state index contributed by atoms with van der Waals surface area (Å²) < 4.78 is 13.1. The molecule has 150 valence electrons. The predicted molar refractivity (Wildman–Crippen MR) is 119 cm³/mol. The molecule has 0 fully saturated rings. The third-order valence-corrected chi connectivity index (χ3v) is 12.6. The summed E-state index contributed by atoms with van der Waals surface area (Å²) in [5.74, 6) is 0.894. The maximum Gasteiger partial charge on any atom is 0.314 e. The van der Waals surface area contributed by atoms with Crippen LogP contribution < -0.4 is 10.6 Å². The summed E-state index contributed by atoms with van der Waals surface area (Å²) in [5.41, 5.74) is 0. The largest absolute Gasteiger partial charge is 0.437 e. The summed E-state index contributed by atoms with van der Waals surface area (Å²) in [7, 11) is -5.38. The molecule has 25 heavy (non-hydrogen) atoms. The van der Waals surface area contributed by atoms with Crippen molar-refractivity contribution in [3.05, 3.63) is 0 Å². The second-order valence-corrected chi connectivity index (χ2v) is 22.3. The predicted octanol–water partition coefficient (Wildman–Crippen LogP) is 4.50. The van der Waals surface area contributed by atoms with E-state index in [1.54, 1.807) is 0 Å². The number of hydrogen-bond acceptors (Lipinski definition) is 3. The molecule has 0 rings (SSSR count). The smallest absolute Gasteiger partial charge is 0.314 e. The molecule has 0 aliphatic carbocycles. The lowest BCUT2D eigenvalue weighted by Gasteiger charge is -2.38. The van der Waals surface area contributed by atoms with Crippen LogP contribution in [0.2, 0.25) is 51.9 Å². The minimum atomic E-state index is -2.14. The van der Waals surface area contributed by atoms with Crippen molar-refractivity contribution in [3.63, 3.8) is 0 Å². The summed E-state index contributed by atoms with van der Waals surface area (Å²) in [5, 5.41) is 6.77. The van der Waals surface area contributed by atoms with Gasteiger partial charge in [-0.15, -0.1) is 0 Å². The molecular weight excluding hydrogens is 362 g/mol. The summed E-state index contributed by atoms with van der Waals surface area (Å²) >= 11 is 0. The average Bonchev–Trinajstić information content (AvgIpc) is 2.27. The Morgan fingerprint density at radius 2 is 1.20 bits per heavy atom. The van der Waals surface area contributed by atoms with E-state index in [-0.39, 0.29) is 0 Å². The van der Waals surface area contributed by atoms with Gasteiger partial charge >= 0.3 is 8.56 Å². The van der Waals surface area contributed by atoms with E-state index in [2.05, 4.69) is 84.2 Å². The van der Waals surface area contributed by atoms with Gasteiger partial charge in [0, 0.05) is 18.6 Å². The molecule has 0 saturated heterocycles. The first kappa shape index (κ1) is 24.8. The molecule has 0 atom stereocenters. The van der Waals surface area contributed by atoms with Crippen molar-refractivity contribution in [2.75, 3.05) is 6.54 Å². The zero-order valence-electron chi connectivity index (χ0n) is 18.5. The van der Waals surface area contributed by atoms with Crippen LogP contribution in [0.3, 0.4) is 0 Å². The second-order valence-electron chi connectivity index (χ2n) is 9.49. The first-order valence-electron chi connectivity index (χ1n) is 9.60. The van der Waals surface area contributed by atoms with Crippen LogP contribution in [0.5, 0.6) is 0 Å². The Hall–Kier alpha value is -0.159. The van der Waals surface area contributed by atoms with E-state index in [1.807, 2.05) is 0 Å². The Bertz CT molecular complexity index is 388. The Kier molecular flexibility index (Phi) is 10.2. The average molecular weight is 406 g/mol. The number of guanidine groups is 1. The van der Waals surface area contributed by atoms with Crippen LogP contribution in [0.4, 0.5) is 0 Å². The van der Waals surface area contributed by atoms with Crippen molar-refractivity contribution in [2.24, 2.45) is 4.99 Å². The molecule has 0 aliphatic rings. The zero-order valence-corrected chi connectivity index (χ0v) is 21.5. The van der Waals surface area contributed by atoms with Gasteiger partial charge < -0.3 is 18.9 Å². The molecule has 0 saturated carbocycles. The molecule has 0 aliphatic heterocycles. The lowest BCUT2D eigenvalue weighted by atomic mass is 10.4. The Labute approximate surface area is 159 Å². The van der Waals surface area contributed by atoms with Crippen molar-refractivity contribution in [3.8, 4) is 0 Å². The van der Waals surface area contributed by atoms with E-state index in [0.717, 1.165) is 25.0 Å². The van der Waals surface area contributed by atoms with Crippen LogP contribution in [-0.4, -0.2) is 49.8 Å². The van der Waals surface area contributed by atoms with E-state index in [1.165, 1.54) is 0 Å². The van der Waals surface area contributed by atoms with Crippen LogP contribution in [0, 0.1) is 0 Å². The van der Waals surface area contributed by atoms with Gasteiger partial charge in [-0.3, -0.25) is 4.99 Å². The fourth-order valence-corrected chi connectivity index (χ4v) is 15.2. The fourth-order valence-electron chi connectivity index (χ4n) is 2.69. The van der Waals surface area contributed by atoms with Crippen LogP contribution in [-0.2, 0) is 8.23 Å².